The molecule has 1 unspecified atom stereocenters. The van der Waals surface area contributed by atoms with Gasteiger partial charge in [-0.15, -0.1) is 0 Å². The Balaban J connectivity index is 1.91. The maximum atomic E-state index is 12.6. The van der Waals surface area contributed by atoms with E-state index in [1.54, 1.807) is 5.40 Å². The van der Waals surface area contributed by atoms with Gasteiger partial charge in [0.15, 0.2) is 0 Å². The summed E-state index contributed by atoms with van der Waals surface area (Å²) in [5.74, 6) is -1.29. The number of carbonyl (C=O) groups is 1. The molecule has 1 aromatic heterocycles. The van der Waals surface area contributed by atoms with Gasteiger partial charge in [0.25, 0.3) is 22.1 Å². The van der Waals surface area contributed by atoms with Gasteiger partial charge in [0.2, 0.25) is 0 Å². The van der Waals surface area contributed by atoms with Crippen molar-refractivity contribution in [2.45, 2.75) is 5.25 Å². The zero-order valence-corrected chi connectivity index (χ0v) is 16.8. The lowest BCUT2D eigenvalue weighted by molar-refractivity contribution is -0.385. The second-order valence-electron chi connectivity index (χ2n) is 5.80. The zero-order valence-electron chi connectivity index (χ0n) is 15.2. The van der Waals surface area contributed by atoms with Gasteiger partial charge in [-0.2, -0.15) is 10.3 Å². The third kappa shape index (κ3) is 4.94. The van der Waals surface area contributed by atoms with Crippen molar-refractivity contribution in [2.75, 3.05) is 0 Å². The van der Waals surface area contributed by atoms with E-state index < -0.39 is 27.0 Å². The minimum atomic E-state index is -1.06. The van der Waals surface area contributed by atoms with Crippen LogP contribution >= 0.6 is 23.1 Å². The molecule has 3 rings (SSSR count). The van der Waals surface area contributed by atoms with Gasteiger partial charge in [0.05, 0.1) is 9.85 Å². The topological polar surface area (TPSA) is 173 Å². The van der Waals surface area contributed by atoms with Crippen LogP contribution in [0.5, 0.6) is 5.95 Å². The first-order valence-corrected chi connectivity index (χ1v) is 9.95. The number of thiocyanates is 1. The molecule has 0 saturated heterocycles. The van der Waals surface area contributed by atoms with E-state index in [0.29, 0.717) is 22.9 Å². The number of nitro benzene ring substituents is 2. The highest BCUT2D eigenvalue weighted by atomic mass is 32.2. The molecule has 0 aliphatic carbocycles. The molecule has 0 radical (unpaired) electrons. The maximum absolute atomic E-state index is 12.6. The third-order valence-corrected chi connectivity index (χ3v) is 5.69. The van der Waals surface area contributed by atoms with E-state index in [4.69, 9.17) is 9.68 Å². The number of nitro groups is 2. The number of rotatable bonds is 6. The van der Waals surface area contributed by atoms with Crippen molar-refractivity contribution in [3.63, 3.8) is 0 Å². The summed E-state index contributed by atoms with van der Waals surface area (Å²) in [6, 6.07) is 10.5. The molecule has 1 N–H and O–H groups in total. The van der Waals surface area contributed by atoms with E-state index in [0.717, 1.165) is 11.3 Å². The minimum absolute atomic E-state index is 0.128. The molecular formula is C18H10N4O7S2. The molecule has 0 saturated carbocycles. The highest BCUT2D eigenvalue weighted by Gasteiger charge is 2.23. The Morgan fingerprint density at radius 2 is 1.65 bits per heavy atom. The molecule has 1 atom stereocenters. The van der Waals surface area contributed by atoms with Gasteiger partial charge in [-0.1, -0.05) is 23.5 Å². The highest BCUT2D eigenvalue weighted by molar-refractivity contribution is 8.04. The lowest BCUT2D eigenvalue weighted by Gasteiger charge is -2.08. The average molecular weight is 458 g/mol. The van der Waals surface area contributed by atoms with Gasteiger partial charge >= 0.3 is 5.95 Å². The fourth-order valence-electron chi connectivity index (χ4n) is 2.48. The van der Waals surface area contributed by atoms with Crippen LogP contribution in [-0.2, 0) is 4.79 Å². The second-order valence-corrected chi connectivity index (χ2v) is 7.65. The minimum Gasteiger partial charge on any atom is -0.480 e. The lowest BCUT2D eigenvalue weighted by Crippen LogP contribution is -2.10. The Morgan fingerprint density at radius 1 is 1.10 bits per heavy atom. The molecular weight excluding hydrogens is 448 g/mol. The van der Waals surface area contributed by atoms with E-state index in [-0.39, 0.29) is 21.1 Å². The summed E-state index contributed by atoms with van der Waals surface area (Å²) < 4.78 is 5.10. The van der Waals surface area contributed by atoms with E-state index in [9.17, 15) is 30.1 Å². The summed E-state index contributed by atoms with van der Waals surface area (Å²) in [4.78, 5) is 36.8. The molecule has 0 fully saturated rings. The number of thioether (sulfide) groups is 1. The number of benzene rings is 2. The molecule has 2 aromatic carbocycles. The summed E-state index contributed by atoms with van der Waals surface area (Å²) in [6.45, 7) is 0. The molecule has 31 heavy (non-hydrogen) atoms. The first-order valence-electron chi connectivity index (χ1n) is 8.25. The third-order valence-electron chi connectivity index (χ3n) is 3.91. The lowest BCUT2D eigenvalue weighted by atomic mass is 10.1. The Kier molecular flexibility index (Phi) is 6.43. The van der Waals surface area contributed by atoms with Crippen LogP contribution in [0.4, 0.5) is 11.4 Å². The van der Waals surface area contributed by atoms with E-state index in [1.165, 1.54) is 48.5 Å². The fraction of sp³-hybridized carbons (Fsp3) is 0.0556. The van der Waals surface area contributed by atoms with Crippen molar-refractivity contribution < 1.29 is 24.2 Å². The normalized spacial score (nSPS) is 12.2. The summed E-state index contributed by atoms with van der Waals surface area (Å²) in [7, 11) is 0. The molecule has 0 aliphatic rings. The van der Waals surface area contributed by atoms with Crippen LogP contribution < -0.4 is 4.87 Å². The van der Waals surface area contributed by atoms with Crippen LogP contribution in [0.15, 0.2) is 57.9 Å². The first kappa shape index (κ1) is 21.7. The number of aromatic hydroxyl groups is 1. The number of hydrogen-bond acceptors (Lipinski definition) is 10. The highest BCUT2D eigenvalue weighted by Crippen LogP contribution is 2.34. The maximum Gasteiger partial charge on any atom is 0.303 e. The van der Waals surface area contributed by atoms with Crippen molar-refractivity contribution in [3.8, 4) is 21.8 Å². The quantitative estimate of drug-likeness (QED) is 0.326. The molecule has 1 heterocycles. The van der Waals surface area contributed by atoms with Crippen molar-refractivity contribution in [2.24, 2.45) is 4.99 Å². The standard InChI is InChI=1S/C18H10N4O7S2/c19-9-30-14(10-1-5-12(6-2-10)21(25)26)16(23)20-18-29-17(24)15(31-18)11-3-7-13(8-4-11)22(27)28/h1-8,14,24H. The number of nitriles is 1. The molecule has 1 amide bonds. The number of carbonyl (C=O) groups excluding carboxylic acids is 1. The van der Waals surface area contributed by atoms with Crippen molar-refractivity contribution in [3.05, 3.63) is 79.2 Å². The number of hydrogen-bond donors (Lipinski definition) is 1. The van der Waals surface area contributed by atoms with E-state index in [1.807, 2.05) is 0 Å². The molecule has 0 spiro atoms. The van der Waals surface area contributed by atoms with Gasteiger partial charge in [0, 0.05) is 24.3 Å². The molecule has 13 heteroatoms. The average Bonchev–Trinajstić information content (AvgIpc) is 3.11. The predicted octanol–water partition coefficient (Wildman–Crippen LogP) is 3.91. The SMILES string of the molecule is N#CSC(C(=O)N=c1oc(O)c(-c2ccc([N+](=O)[O-])cc2)s1)c1ccc([N+](=O)[O-])cc1. The van der Waals surface area contributed by atoms with Crippen molar-refractivity contribution >= 4 is 40.4 Å². The first-order chi connectivity index (χ1) is 14.8. The second kappa shape index (κ2) is 9.20. The predicted molar refractivity (Wildman–Crippen MR) is 110 cm³/mol. The van der Waals surface area contributed by atoms with Crippen LogP contribution in [0, 0.1) is 30.9 Å². The summed E-state index contributed by atoms with van der Waals surface area (Å²) in [5.41, 5.74) is 0.461. The summed E-state index contributed by atoms with van der Waals surface area (Å²) in [6.07, 6.45) is 0. The molecule has 3 aromatic rings. The Labute approximate surface area is 181 Å². The summed E-state index contributed by atoms with van der Waals surface area (Å²) in [5, 5.41) is 41.3. The van der Waals surface area contributed by atoms with Gasteiger partial charge in [-0.05, 0) is 35.0 Å². The molecule has 11 nitrogen and oxygen atoms in total. The monoisotopic (exact) mass is 458 g/mol. The number of amides is 1. The zero-order chi connectivity index (χ0) is 22.5. The molecule has 0 bridgehead atoms. The number of non-ortho nitro benzene ring substituents is 2. The van der Waals surface area contributed by atoms with Crippen LogP contribution in [0.1, 0.15) is 10.8 Å². The van der Waals surface area contributed by atoms with Crippen LogP contribution in [0.2, 0.25) is 0 Å². The fourth-order valence-corrected chi connectivity index (χ4v) is 3.84. The van der Waals surface area contributed by atoms with Gasteiger partial charge in [0.1, 0.15) is 15.5 Å². The van der Waals surface area contributed by atoms with Crippen LogP contribution in [0.3, 0.4) is 0 Å². The Bertz CT molecular complexity index is 1260. The number of nitrogens with zero attached hydrogens (tertiary/aromatic N) is 4. The van der Waals surface area contributed by atoms with Gasteiger partial charge in [-0.25, -0.2) is 0 Å². The van der Waals surface area contributed by atoms with E-state index in [2.05, 4.69) is 4.99 Å². The molecule has 0 aliphatic heterocycles. The molecule has 156 valence electrons. The summed E-state index contributed by atoms with van der Waals surface area (Å²) >= 11 is 1.45. The van der Waals surface area contributed by atoms with Gasteiger partial charge in [-0.3, -0.25) is 25.0 Å². The smallest absolute Gasteiger partial charge is 0.303 e. The van der Waals surface area contributed by atoms with Gasteiger partial charge < -0.3 is 9.52 Å². The largest absolute Gasteiger partial charge is 0.480 e. The van der Waals surface area contributed by atoms with Crippen molar-refractivity contribution in [1.82, 2.24) is 0 Å². The van der Waals surface area contributed by atoms with Crippen LogP contribution in [-0.4, -0.2) is 20.9 Å². The van der Waals surface area contributed by atoms with E-state index >= 15 is 0 Å². The van der Waals surface area contributed by atoms with Crippen molar-refractivity contribution in [1.29, 1.82) is 5.26 Å². The van der Waals surface area contributed by atoms with Crippen LogP contribution in [0.25, 0.3) is 10.4 Å². The Hall–Kier alpha value is -4.02. The Morgan fingerprint density at radius 3 is 2.16 bits per heavy atom.